The van der Waals surface area contributed by atoms with Crippen LogP contribution in [0.4, 0.5) is 5.69 Å². The summed E-state index contributed by atoms with van der Waals surface area (Å²) >= 11 is 0. The molecule has 0 radical (unpaired) electrons. The second-order valence-corrected chi connectivity index (χ2v) is 5.34. The molecule has 112 valence electrons. The van der Waals surface area contributed by atoms with Crippen LogP contribution in [0, 0.1) is 6.92 Å². The number of hydrogen-bond acceptors (Lipinski definition) is 2. The number of benzene rings is 2. The Balaban J connectivity index is 2.28. The number of ether oxygens (including phenoxy) is 1. The summed E-state index contributed by atoms with van der Waals surface area (Å²) in [6.07, 6.45) is 3.39. The standard InChI is InChI=1S/C19H25NO/c1-4-6-12-20-18-14-16(5-2)13-15(3)19(18)21-17-10-8-7-9-11-17/h7-11,13-14,20H,4-6,12H2,1-3H3. The lowest BCUT2D eigenvalue weighted by atomic mass is 10.1. The van der Waals surface area contributed by atoms with Crippen molar-refractivity contribution in [3.63, 3.8) is 0 Å². The molecule has 0 atom stereocenters. The molecule has 0 aliphatic carbocycles. The molecule has 0 bridgehead atoms. The van der Waals surface area contributed by atoms with Crippen molar-refractivity contribution in [2.45, 2.75) is 40.0 Å². The van der Waals surface area contributed by atoms with Crippen molar-refractivity contribution in [2.75, 3.05) is 11.9 Å². The Labute approximate surface area is 128 Å². The molecule has 0 saturated carbocycles. The fraction of sp³-hybridized carbons (Fsp3) is 0.368. The predicted octanol–water partition coefficient (Wildman–Crippen LogP) is 5.56. The molecule has 2 aromatic rings. The third-order valence-electron chi connectivity index (χ3n) is 3.55. The van der Waals surface area contributed by atoms with Crippen LogP contribution in [0.15, 0.2) is 42.5 Å². The summed E-state index contributed by atoms with van der Waals surface area (Å²) in [6, 6.07) is 14.4. The van der Waals surface area contributed by atoms with E-state index in [4.69, 9.17) is 4.74 Å². The van der Waals surface area contributed by atoms with Crippen molar-refractivity contribution in [1.29, 1.82) is 0 Å². The van der Waals surface area contributed by atoms with E-state index in [-0.39, 0.29) is 0 Å². The van der Waals surface area contributed by atoms with E-state index in [0.717, 1.165) is 30.2 Å². The van der Waals surface area contributed by atoms with E-state index in [1.807, 2.05) is 30.3 Å². The van der Waals surface area contributed by atoms with Crippen LogP contribution in [-0.4, -0.2) is 6.54 Å². The summed E-state index contributed by atoms with van der Waals surface area (Å²) in [7, 11) is 0. The van der Waals surface area contributed by atoms with Crippen molar-refractivity contribution < 1.29 is 4.74 Å². The van der Waals surface area contributed by atoms with E-state index in [2.05, 4.69) is 38.2 Å². The maximum absolute atomic E-state index is 6.11. The molecule has 0 amide bonds. The van der Waals surface area contributed by atoms with Gasteiger partial charge in [-0.3, -0.25) is 0 Å². The van der Waals surface area contributed by atoms with Gasteiger partial charge in [0.2, 0.25) is 0 Å². The van der Waals surface area contributed by atoms with Gasteiger partial charge in [-0.25, -0.2) is 0 Å². The van der Waals surface area contributed by atoms with Crippen LogP contribution in [0.3, 0.4) is 0 Å². The van der Waals surface area contributed by atoms with Gasteiger partial charge in [0.25, 0.3) is 0 Å². The molecule has 21 heavy (non-hydrogen) atoms. The SMILES string of the molecule is CCCCNc1cc(CC)cc(C)c1Oc1ccccc1. The van der Waals surface area contributed by atoms with E-state index < -0.39 is 0 Å². The maximum Gasteiger partial charge on any atom is 0.153 e. The number of hydrogen-bond donors (Lipinski definition) is 1. The van der Waals surface area contributed by atoms with Gasteiger partial charge in [-0.05, 0) is 49.1 Å². The molecule has 0 aromatic heterocycles. The third kappa shape index (κ3) is 4.25. The highest BCUT2D eigenvalue weighted by Crippen LogP contribution is 2.34. The zero-order valence-electron chi connectivity index (χ0n) is 13.3. The first-order valence-electron chi connectivity index (χ1n) is 7.84. The Hall–Kier alpha value is -1.96. The van der Waals surface area contributed by atoms with Crippen LogP contribution in [0.2, 0.25) is 0 Å². The lowest BCUT2D eigenvalue weighted by Crippen LogP contribution is -2.04. The zero-order chi connectivity index (χ0) is 15.1. The zero-order valence-corrected chi connectivity index (χ0v) is 13.3. The van der Waals surface area contributed by atoms with Crippen molar-refractivity contribution in [3.8, 4) is 11.5 Å². The smallest absolute Gasteiger partial charge is 0.153 e. The monoisotopic (exact) mass is 283 g/mol. The molecule has 2 aromatic carbocycles. The lowest BCUT2D eigenvalue weighted by molar-refractivity contribution is 0.480. The molecule has 2 nitrogen and oxygen atoms in total. The normalized spacial score (nSPS) is 10.4. The van der Waals surface area contributed by atoms with Crippen LogP contribution >= 0.6 is 0 Å². The second-order valence-electron chi connectivity index (χ2n) is 5.34. The molecular weight excluding hydrogens is 258 g/mol. The summed E-state index contributed by atoms with van der Waals surface area (Å²) < 4.78 is 6.11. The Morgan fingerprint density at radius 3 is 2.48 bits per heavy atom. The highest BCUT2D eigenvalue weighted by molar-refractivity contribution is 5.63. The van der Waals surface area contributed by atoms with Crippen LogP contribution in [-0.2, 0) is 6.42 Å². The minimum Gasteiger partial charge on any atom is -0.455 e. The minimum absolute atomic E-state index is 0.878. The summed E-state index contributed by atoms with van der Waals surface area (Å²) in [5, 5.41) is 3.52. The fourth-order valence-corrected chi connectivity index (χ4v) is 2.33. The van der Waals surface area contributed by atoms with Crippen molar-refractivity contribution >= 4 is 5.69 Å². The maximum atomic E-state index is 6.11. The highest BCUT2D eigenvalue weighted by Gasteiger charge is 2.10. The Kier molecular flexibility index (Phi) is 5.68. The van der Waals surface area contributed by atoms with E-state index in [9.17, 15) is 0 Å². The van der Waals surface area contributed by atoms with E-state index in [1.165, 1.54) is 24.0 Å². The van der Waals surface area contributed by atoms with Gasteiger partial charge in [0.15, 0.2) is 5.75 Å². The highest BCUT2D eigenvalue weighted by atomic mass is 16.5. The first kappa shape index (κ1) is 15.4. The quantitative estimate of drug-likeness (QED) is 0.671. The largest absolute Gasteiger partial charge is 0.455 e. The van der Waals surface area contributed by atoms with E-state index in [1.54, 1.807) is 0 Å². The molecule has 0 heterocycles. The molecule has 2 heteroatoms. The van der Waals surface area contributed by atoms with Crippen LogP contribution in [0.1, 0.15) is 37.8 Å². The number of rotatable bonds is 7. The molecule has 0 aliphatic heterocycles. The predicted molar refractivity (Wildman–Crippen MR) is 90.5 cm³/mol. The van der Waals surface area contributed by atoms with Gasteiger partial charge in [-0.2, -0.15) is 0 Å². The topological polar surface area (TPSA) is 21.3 Å². The second kappa shape index (κ2) is 7.72. The summed E-state index contributed by atoms with van der Waals surface area (Å²) in [6.45, 7) is 7.48. The molecule has 0 aliphatic rings. The number of anilines is 1. The van der Waals surface area contributed by atoms with Crippen LogP contribution in [0.5, 0.6) is 11.5 Å². The lowest BCUT2D eigenvalue weighted by Gasteiger charge is -2.17. The van der Waals surface area contributed by atoms with Gasteiger partial charge >= 0.3 is 0 Å². The molecule has 0 fully saturated rings. The van der Waals surface area contributed by atoms with Gasteiger partial charge in [0, 0.05) is 6.54 Å². The molecule has 2 rings (SSSR count). The van der Waals surface area contributed by atoms with Gasteiger partial charge in [-0.1, -0.05) is 44.5 Å². The first-order chi connectivity index (χ1) is 10.2. The van der Waals surface area contributed by atoms with Crippen LogP contribution in [0.25, 0.3) is 0 Å². The number of unbranched alkanes of at least 4 members (excludes halogenated alkanes) is 1. The molecule has 0 spiro atoms. The van der Waals surface area contributed by atoms with E-state index >= 15 is 0 Å². The summed E-state index contributed by atoms with van der Waals surface area (Å²) in [4.78, 5) is 0. The van der Waals surface area contributed by atoms with Gasteiger partial charge in [-0.15, -0.1) is 0 Å². The number of aryl methyl sites for hydroxylation is 2. The average Bonchev–Trinajstić information content (AvgIpc) is 2.51. The number of para-hydroxylation sites is 1. The van der Waals surface area contributed by atoms with Crippen molar-refractivity contribution in [2.24, 2.45) is 0 Å². The van der Waals surface area contributed by atoms with Gasteiger partial charge < -0.3 is 10.1 Å². The van der Waals surface area contributed by atoms with E-state index in [0.29, 0.717) is 0 Å². The Bertz CT molecular complexity index is 563. The van der Waals surface area contributed by atoms with Gasteiger partial charge in [0.05, 0.1) is 5.69 Å². The molecule has 0 unspecified atom stereocenters. The van der Waals surface area contributed by atoms with Crippen molar-refractivity contribution in [3.05, 3.63) is 53.6 Å². The average molecular weight is 283 g/mol. The first-order valence-corrected chi connectivity index (χ1v) is 7.84. The summed E-state index contributed by atoms with van der Waals surface area (Å²) in [5.74, 6) is 1.82. The van der Waals surface area contributed by atoms with Gasteiger partial charge in [0.1, 0.15) is 5.75 Å². The molecule has 0 saturated heterocycles. The van der Waals surface area contributed by atoms with Crippen LogP contribution < -0.4 is 10.1 Å². The Morgan fingerprint density at radius 1 is 1.05 bits per heavy atom. The summed E-state index contributed by atoms with van der Waals surface area (Å²) in [5.41, 5.74) is 3.62. The third-order valence-corrected chi connectivity index (χ3v) is 3.55. The Morgan fingerprint density at radius 2 is 1.81 bits per heavy atom. The minimum atomic E-state index is 0.878. The van der Waals surface area contributed by atoms with Crippen molar-refractivity contribution in [1.82, 2.24) is 0 Å². The molecule has 1 N–H and O–H groups in total. The number of nitrogens with one attached hydrogen (secondary N) is 1. The fourth-order valence-electron chi connectivity index (χ4n) is 2.33. The molecular formula is C19H25NO.